The number of hydrogen-bond donors (Lipinski definition) is 2. The van der Waals surface area contributed by atoms with Crippen molar-refractivity contribution in [3.05, 3.63) is 65.4 Å². The third kappa shape index (κ3) is 4.33. The number of aryl methyl sites for hydroxylation is 1. The van der Waals surface area contributed by atoms with Crippen LogP contribution in [-0.4, -0.2) is 18.4 Å². The highest BCUT2D eigenvalue weighted by molar-refractivity contribution is 7.92. The molecule has 154 valence electrons. The third-order valence-corrected chi connectivity index (χ3v) is 5.48. The molecule has 3 N–H and O–H groups in total. The number of nitrogens with zero attached hydrogens (tertiary/aromatic N) is 3. The molecule has 0 saturated carbocycles. The van der Waals surface area contributed by atoms with Gasteiger partial charge in [-0.2, -0.15) is 18.4 Å². The molecule has 11 heteroatoms. The maximum atomic E-state index is 13.6. The fourth-order valence-electron chi connectivity index (χ4n) is 2.69. The van der Waals surface area contributed by atoms with Gasteiger partial charge >= 0.3 is 6.18 Å². The van der Waals surface area contributed by atoms with Crippen LogP contribution in [0.1, 0.15) is 16.7 Å². The van der Waals surface area contributed by atoms with Gasteiger partial charge in [-0.3, -0.25) is 4.72 Å². The average molecular weight is 433 g/mol. The molecule has 2 heterocycles. The molecule has 1 aromatic carbocycles. The first-order valence-electron chi connectivity index (χ1n) is 8.35. The van der Waals surface area contributed by atoms with Crippen LogP contribution in [0.4, 0.5) is 24.8 Å². The molecule has 3 aromatic rings. The Bertz CT molecular complexity index is 1270. The summed E-state index contributed by atoms with van der Waals surface area (Å²) in [5.74, 6) is -0.363. The van der Waals surface area contributed by atoms with Crippen molar-refractivity contribution in [3.8, 4) is 17.3 Å². The summed E-state index contributed by atoms with van der Waals surface area (Å²) >= 11 is 0. The normalized spacial score (nSPS) is 11.7. The van der Waals surface area contributed by atoms with Gasteiger partial charge in [0.05, 0.1) is 27.8 Å². The minimum Gasteiger partial charge on any atom is -0.384 e. The number of hydrogen-bond acceptors (Lipinski definition) is 6. The Kier molecular flexibility index (Phi) is 5.37. The summed E-state index contributed by atoms with van der Waals surface area (Å²) in [5, 5.41) is 9.09. The maximum Gasteiger partial charge on any atom is 0.418 e. The molecule has 0 fully saturated rings. The first kappa shape index (κ1) is 21.1. The second kappa shape index (κ2) is 7.64. The van der Waals surface area contributed by atoms with E-state index in [1.165, 1.54) is 30.5 Å². The first-order chi connectivity index (χ1) is 14.0. The Morgan fingerprint density at radius 1 is 1.13 bits per heavy atom. The van der Waals surface area contributed by atoms with Crippen molar-refractivity contribution in [1.29, 1.82) is 5.26 Å². The van der Waals surface area contributed by atoms with Crippen LogP contribution < -0.4 is 10.5 Å². The number of nitriles is 1. The first-order valence-corrected chi connectivity index (χ1v) is 9.83. The van der Waals surface area contributed by atoms with Gasteiger partial charge < -0.3 is 5.73 Å². The van der Waals surface area contributed by atoms with E-state index in [1.54, 1.807) is 6.92 Å². The van der Waals surface area contributed by atoms with Crippen LogP contribution in [0.2, 0.25) is 0 Å². The van der Waals surface area contributed by atoms with Gasteiger partial charge in [-0.15, -0.1) is 0 Å². The van der Waals surface area contributed by atoms with Crippen molar-refractivity contribution >= 4 is 21.7 Å². The second-order valence-corrected chi connectivity index (χ2v) is 7.94. The fourth-order valence-corrected chi connectivity index (χ4v) is 3.71. The molecule has 0 aliphatic heterocycles. The number of nitrogens with one attached hydrogen (secondary N) is 1. The molecule has 7 nitrogen and oxygen atoms in total. The molecule has 0 radical (unpaired) electrons. The Labute approximate surface area is 170 Å². The van der Waals surface area contributed by atoms with E-state index in [0.717, 1.165) is 18.2 Å². The molecule has 0 amide bonds. The third-order valence-electron chi connectivity index (χ3n) is 4.12. The predicted octanol–water partition coefficient (Wildman–Crippen LogP) is 3.73. The Hall–Kier alpha value is -3.65. The van der Waals surface area contributed by atoms with E-state index in [9.17, 15) is 21.6 Å². The van der Waals surface area contributed by atoms with Crippen molar-refractivity contribution in [1.82, 2.24) is 9.97 Å². The van der Waals surface area contributed by atoms with Gasteiger partial charge in [-0.05, 0) is 42.8 Å². The van der Waals surface area contributed by atoms with Crippen LogP contribution in [0, 0.1) is 18.3 Å². The Balaban J connectivity index is 2.14. The number of pyridine rings is 2. The molecule has 0 aliphatic rings. The van der Waals surface area contributed by atoms with Crippen molar-refractivity contribution in [2.24, 2.45) is 0 Å². The van der Waals surface area contributed by atoms with E-state index in [0.29, 0.717) is 5.56 Å². The number of aromatic nitrogens is 2. The van der Waals surface area contributed by atoms with Crippen molar-refractivity contribution < 1.29 is 21.6 Å². The molecular weight excluding hydrogens is 419 g/mol. The topological polar surface area (TPSA) is 122 Å². The van der Waals surface area contributed by atoms with Gasteiger partial charge in [-0.1, -0.05) is 6.07 Å². The minimum absolute atomic E-state index is 0.0390. The fraction of sp³-hybridized carbons (Fsp3) is 0.105. The van der Waals surface area contributed by atoms with Crippen molar-refractivity contribution in [3.63, 3.8) is 0 Å². The minimum atomic E-state index is -4.74. The summed E-state index contributed by atoms with van der Waals surface area (Å²) in [5.41, 5.74) is 4.58. The zero-order chi connectivity index (χ0) is 22.1. The van der Waals surface area contributed by atoms with Gasteiger partial charge in [0.1, 0.15) is 11.6 Å². The van der Waals surface area contributed by atoms with Gasteiger partial charge in [0.2, 0.25) is 0 Å². The second-order valence-electron chi connectivity index (χ2n) is 6.25. The smallest absolute Gasteiger partial charge is 0.384 e. The molecule has 0 unspecified atom stereocenters. The Morgan fingerprint density at radius 2 is 1.87 bits per heavy atom. The number of sulfonamides is 1. The maximum absolute atomic E-state index is 13.6. The van der Waals surface area contributed by atoms with Crippen LogP contribution in [0.15, 0.2) is 53.6 Å². The van der Waals surface area contributed by atoms with Gasteiger partial charge in [-0.25, -0.2) is 18.4 Å². The van der Waals surface area contributed by atoms with Crippen LogP contribution in [-0.2, 0) is 16.2 Å². The molecule has 0 saturated heterocycles. The van der Waals surface area contributed by atoms with Gasteiger partial charge in [0.15, 0.2) is 0 Å². The SMILES string of the molecule is Cc1ccc(C#N)cc1-c1nc(NS(=O)(=O)c2ccnc(N)c2)ccc1C(F)(F)F. The van der Waals surface area contributed by atoms with E-state index < -0.39 is 27.5 Å². The van der Waals surface area contributed by atoms with E-state index in [4.69, 9.17) is 11.0 Å². The summed E-state index contributed by atoms with van der Waals surface area (Å²) in [7, 11) is -4.17. The van der Waals surface area contributed by atoms with Crippen LogP contribution in [0.5, 0.6) is 0 Å². The number of alkyl halides is 3. The van der Waals surface area contributed by atoms with E-state index in [2.05, 4.69) is 14.7 Å². The summed E-state index contributed by atoms with van der Waals surface area (Å²) < 4.78 is 67.9. The molecule has 2 aromatic heterocycles. The number of anilines is 2. The predicted molar refractivity (Wildman–Crippen MR) is 104 cm³/mol. The quantitative estimate of drug-likeness (QED) is 0.647. The summed E-state index contributed by atoms with van der Waals surface area (Å²) in [6.07, 6.45) is -3.55. The highest BCUT2D eigenvalue weighted by atomic mass is 32.2. The molecule has 0 bridgehead atoms. The Morgan fingerprint density at radius 3 is 2.50 bits per heavy atom. The number of rotatable bonds is 4. The van der Waals surface area contributed by atoms with Gasteiger partial charge in [0.25, 0.3) is 10.0 Å². The largest absolute Gasteiger partial charge is 0.418 e. The number of nitrogen functional groups attached to an aromatic ring is 1. The number of nitrogens with two attached hydrogens (primary N) is 1. The lowest BCUT2D eigenvalue weighted by Gasteiger charge is -2.16. The van der Waals surface area contributed by atoms with E-state index in [-0.39, 0.29) is 27.7 Å². The number of benzene rings is 1. The highest BCUT2D eigenvalue weighted by Crippen LogP contribution is 2.38. The molecule has 0 atom stereocenters. The lowest BCUT2D eigenvalue weighted by molar-refractivity contribution is -0.137. The number of halogens is 3. The standard InChI is InChI=1S/C19H14F3N5O2S/c1-11-2-3-12(10-23)8-14(11)18-15(19(20,21)22)4-5-17(26-18)27-30(28,29)13-6-7-25-16(24)9-13/h2-9H,1H3,(H2,24,25)(H,26,27). The van der Waals surface area contributed by atoms with Crippen LogP contribution in [0.25, 0.3) is 11.3 Å². The summed E-state index contributed by atoms with van der Waals surface area (Å²) in [6, 6.07) is 10.0. The summed E-state index contributed by atoms with van der Waals surface area (Å²) in [6.45, 7) is 1.56. The monoisotopic (exact) mass is 433 g/mol. The lowest BCUT2D eigenvalue weighted by Crippen LogP contribution is -2.16. The molecule has 30 heavy (non-hydrogen) atoms. The van der Waals surface area contributed by atoms with E-state index in [1.807, 2.05) is 6.07 Å². The molecule has 3 rings (SSSR count). The molecular formula is C19H14F3N5O2S. The van der Waals surface area contributed by atoms with Crippen LogP contribution in [0.3, 0.4) is 0 Å². The zero-order valence-corrected chi connectivity index (χ0v) is 16.2. The molecule has 0 aliphatic carbocycles. The van der Waals surface area contributed by atoms with E-state index >= 15 is 0 Å². The highest BCUT2D eigenvalue weighted by Gasteiger charge is 2.35. The lowest BCUT2D eigenvalue weighted by atomic mass is 9.98. The van der Waals surface area contributed by atoms with Gasteiger partial charge in [0, 0.05) is 17.8 Å². The zero-order valence-electron chi connectivity index (χ0n) is 15.4. The van der Waals surface area contributed by atoms with Crippen molar-refractivity contribution in [2.45, 2.75) is 18.0 Å². The average Bonchev–Trinajstić information content (AvgIpc) is 2.67. The van der Waals surface area contributed by atoms with Crippen molar-refractivity contribution in [2.75, 3.05) is 10.5 Å². The van der Waals surface area contributed by atoms with Crippen LogP contribution >= 0.6 is 0 Å². The summed E-state index contributed by atoms with van der Waals surface area (Å²) in [4.78, 5) is 7.39. The molecule has 0 spiro atoms.